The number of nitrogens with zero attached hydrogens (tertiary/aromatic N) is 1. The third-order valence-corrected chi connectivity index (χ3v) is 3.72. The average Bonchev–Trinajstić information content (AvgIpc) is 2.82. The van der Waals surface area contributed by atoms with Crippen molar-refractivity contribution in [1.82, 2.24) is 10.2 Å². The molecule has 1 radical (unpaired) electrons. The van der Waals surface area contributed by atoms with E-state index >= 15 is 0 Å². The van der Waals surface area contributed by atoms with Gasteiger partial charge in [0.1, 0.15) is 0 Å². The number of benzene rings is 2. The maximum atomic E-state index is 6.08. The van der Waals surface area contributed by atoms with Crippen molar-refractivity contribution < 1.29 is 0 Å². The predicted octanol–water partition coefficient (Wildman–Crippen LogP) is 4.57. The first kappa shape index (κ1) is 12.2. The fourth-order valence-corrected chi connectivity index (χ4v) is 2.63. The van der Waals surface area contributed by atoms with Crippen LogP contribution in [0.1, 0.15) is 23.5 Å². The Balaban J connectivity index is 2.08. The molecule has 1 atom stereocenters. The molecule has 1 N–H and O–H groups in total. The minimum absolute atomic E-state index is 0.288. The lowest BCUT2D eigenvalue weighted by molar-refractivity contribution is 0.829. The highest BCUT2D eigenvalue weighted by Gasteiger charge is 2.13. The highest BCUT2D eigenvalue weighted by atomic mass is 35.5. The first-order valence-electron chi connectivity index (χ1n) is 6.27. The molecule has 0 spiro atoms. The van der Waals surface area contributed by atoms with Crippen LogP contribution in [0.4, 0.5) is 0 Å². The van der Waals surface area contributed by atoms with Crippen LogP contribution in [0.15, 0.2) is 48.5 Å². The lowest BCUT2D eigenvalue weighted by Crippen LogP contribution is -1.99. The van der Waals surface area contributed by atoms with E-state index in [0.717, 1.165) is 17.3 Å². The van der Waals surface area contributed by atoms with Crippen molar-refractivity contribution in [2.24, 2.45) is 0 Å². The van der Waals surface area contributed by atoms with Crippen molar-refractivity contribution in [3.05, 3.63) is 71.7 Å². The van der Waals surface area contributed by atoms with E-state index in [4.69, 9.17) is 11.6 Å². The first-order valence-corrected chi connectivity index (χ1v) is 6.65. The van der Waals surface area contributed by atoms with E-state index in [1.165, 1.54) is 11.1 Å². The SMILES string of the molecule is [CH2]C[C@@H](c1ccccc1)c1ccc2[nH]nc(Cl)c2c1. The largest absolute Gasteiger partial charge is 0.276 e. The van der Waals surface area contributed by atoms with Crippen molar-refractivity contribution in [1.29, 1.82) is 0 Å². The fraction of sp³-hybridized carbons (Fsp3) is 0.125. The van der Waals surface area contributed by atoms with Crippen molar-refractivity contribution in [3.63, 3.8) is 0 Å². The molecule has 95 valence electrons. The third-order valence-electron chi connectivity index (χ3n) is 3.43. The summed E-state index contributed by atoms with van der Waals surface area (Å²) in [4.78, 5) is 0. The van der Waals surface area contributed by atoms with E-state index in [9.17, 15) is 0 Å². The molecule has 0 amide bonds. The smallest absolute Gasteiger partial charge is 0.158 e. The molecule has 19 heavy (non-hydrogen) atoms. The summed E-state index contributed by atoms with van der Waals surface area (Å²) in [5, 5.41) is 8.42. The van der Waals surface area contributed by atoms with Crippen molar-refractivity contribution in [2.45, 2.75) is 12.3 Å². The summed E-state index contributed by atoms with van der Waals surface area (Å²) < 4.78 is 0. The van der Waals surface area contributed by atoms with Gasteiger partial charge in [-0.2, -0.15) is 5.10 Å². The monoisotopic (exact) mass is 269 g/mol. The van der Waals surface area contributed by atoms with Gasteiger partial charge in [-0.3, -0.25) is 5.10 Å². The van der Waals surface area contributed by atoms with Crippen LogP contribution in [-0.2, 0) is 0 Å². The van der Waals surface area contributed by atoms with Gasteiger partial charge in [0.15, 0.2) is 5.15 Å². The third kappa shape index (κ3) is 2.24. The number of halogens is 1. The van der Waals surface area contributed by atoms with E-state index in [1.54, 1.807) is 0 Å². The van der Waals surface area contributed by atoms with E-state index in [0.29, 0.717) is 5.15 Å². The Hall–Kier alpha value is -1.80. The molecule has 0 aliphatic carbocycles. The Morgan fingerprint density at radius 1 is 1.11 bits per heavy atom. The molecule has 0 unspecified atom stereocenters. The van der Waals surface area contributed by atoms with Gasteiger partial charge in [-0.15, -0.1) is 0 Å². The van der Waals surface area contributed by atoms with Crippen LogP contribution < -0.4 is 0 Å². The quantitative estimate of drug-likeness (QED) is 0.741. The van der Waals surface area contributed by atoms with Gasteiger partial charge >= 0.3 is 0 Å². The number of aromatic amines is 1. The molecule has 2 aromatic carbocycles. The molecule has 1 aromatic heterocycles. The second-order valence-electron chi connectivity index (χ2n) is 4.57. The molecular formula is C16H14ClN2. The molecule has 3 heteroatoms. The topological polar surface area (TPSA) is 28.7 Å². The molecule has 2 nitrogen and oxygen atoms in total. The number of H-pyrrole nitrogens is 1. The van der Waals surface area contributed by atoms with Crippen LogP contribution in [0.5, 0.6) is 0 Å². The molecule has 0 saturated heterocycles. The number of aromatic nitrogens is 2. The number of nitrogens with one attached hydrogen (secondary N) is 1. The molecule has 0 fully saturated rings. The lowest BCUT2D eigenvalue weighted by atomic mass is 9.89. The Morgan fingerprint density at radius 2 is 1.89 bits per heavy atom. The number of hydrogen-bond acceptors (Lipinski definition) is 1. The second-order valence-corrected chi connectivity index (χ2v) is 4.93. The number of hydrogen-bond donors (Lipinski definition) is 1. The van der Waals surface area contributed by atoms with Crippen molar-refractivity contribution in [3.8, 4) is 0 Å². The highest BCUT2D eigenvalue weighted by molar-refractivity contribution is 6.34. The molecule has 0 aliphatic rings. The summed E-state index contributed by atoms with van der Waals surface area (Å²) in [6.07, 6.45) is 0.811. The minimum atomic E-state index is 0.288. The summed E-state index contributed by atoms with van der Waals surface area (Å²) in [6, 6.07) is 16.6. The summed E-state index contributed by atoms with van der Waals surface area (Å²) in [7, 11) is 0. The zero-order chi connectivity index (χ0) is 13.2. The van der Waals surface area contributed by atoms with Crippen LogP contribution in [-0.4, -0.2) is 10.2 Å². The maximum absolute atomic E-state index is 6.08. The molecule has 0 bridgehead atoms. The average molecular weight is 270 g/mol. The molecule has 3 rings (SSSR count). The van der Waals surface area contributed by atoms with Crippen LogP contribution in [0, 0.1) is 6.92 Å². The molecule has 1 heterocycles. The standard InChI is InChI=1S/C16H14ClN2/c1-2-13(11-6-4-3-5-7-11)12-8-9-15-14(10-12)16(17)19-18-15/h3-10,13H,1-2H2,(H,18,19)/t13-/m0/s1. The van der Waals surface area contributed by atoms with Crippen molar-refractivity contribution in [2.75, 3.05) is 0 Å². The van der Waals surface area contributed by atoms with Crippen LogP contribution >= 0.6 is 11.6 Å². The fourth-order valence-electron chi connectivity index (χ4n) is 2.43. The van der Waals surface area contributed by atoms with Gasteiger partial charge in [-0.05, 0) is 29.7 Å². The summed E-state index contributed by atoms with van der Waals surface area (Å²) >= 11 is 6.08. The van der Waals surface area contributed by atoms with E-state index in [2.05, 4.69) is 53.5 Å². The zero-order valence-corrected chi connectivity index (χ0v) is 11.2. The predicted molar refractivity (Wildman–Crippen MR) is 79.4 cm³/mol. The number of fused-ring (bicyclic) bond motifs is 1. The van der Waals surface area contributed by atoms with Gasteiger partial charge in [0.25, 0.3) is 0 Å². The van der Waals surface area contributed by atoms with Crippen molar-refractivity contribution >= 4 is 22.5 Å². The Bertz CT molecular complexity index is 688. The van der Waals surface area contributed by atoms with E-state index in [-0.39, 0.29) is 5.92 Å². The van der Waals surface area contributed by atoms with Gasteiger partial charge in [-0.1, -0.05) is 54.9 Å². The number of rotatable bonds is 3. The molecule has 0 saturated carbocycles. The maximum Gasteiger partial charge on any atom is 0.158 e. The van der Waals surface area contributed by atoms with Crippen LogP contribution in [0.2, 0.25) is 5.15 Å². The summed E-state index contributed by atoms with van der Waals surface area (Å²) in [5.74, 6) is 0.288. The highest BCUT2D eigenvalue weighted by Crippen LogP contribution is 2.31. The van der Waals surface area contributed by atoms with Gasteiger partial charge < -0.3 is 0 Å². The first-order chi connectivity index (χ1) is 9.29. The van der Waals surface area contributed by atoms with Crippen LogP contribution in [0.3, 0.4) is 0 Å². The normalized spacial score (nSPS) is 12.7. The van der Waals surface area contributed by atoms with Gasteiger partial charge in [-0.25, -0.2) is 0 Å². The Morgan fingerprint density at radius 3 is 2.63 bits per heavy atom. The van der Waals surface area contributed by atoms with E-state index < -0.39 is 0 Å². The second kappa shape index (κ2) is 5.06. The molecule has 3 aromatic rings. The van der Waals surface area contributed by atoms with Crippen LogP contribution in [0.25, 0.3) is 10.9 Å². The Kier molecular flexibility index (Phi) is 3.26. The van der Waals surface area contributed by atoms with Gasteiger partial charge in [0.2, 0.25) is 0 Å². The van der Waals surface area contributed by atoms with E-state index in [1.807, 2.05) is 12.1 Å². The Labute approximate surface area is 117 Å². The minimum Gasteiger partial charge on any atom is -0.276 e. The molecule has 0 aliphatic heterocycles. The summed E-state index contributed by atoms with van der Waals surface area (Å²) in [6.45, 7) is 4.07. The van der Waals surface area contributed by atoms with Gasteiger partial charge in [0.05, 0.1) is 5.52 Å². The summed E-state index contributed by atoms with van der Waals surface area (Å²) in [5.41, 5.74) is 3.46. The lowest BCUT2D eigenvalue weighted by Gasteiger charge is -2.16. The molecular weight excluding hydrogens is 256 g/mol. The van der Waals surface area contributed by atoms with Gasteiger partial charge in [0, 0.05) is 11.3 Å². The zero-order valence-electron chi connectivity index (χ0n) is 10.4.